The van der Waals surface area contributed by atoms with E-state index >= 15 is 0 Å². The molecular formula is C22H22ClN3O. The Morgan fingerprint density at radius 1 is 1.00 bits per heavy atom. The Balaban J connectivity index is 1.93. The number of methoxy groups -OCH3 is 1. The van der Waals surface area contributed by atoms with Crippen LogP contribution >= 0.6 is 11.6 Å². The summed E-state index contributed by atoms with van der Waals surface area (Å²) in [6.45, 7) is 3.68. The number of ether oxygens (including phenoxy) is 1. The Hall–Kier alpha value is -2.56. The number of fused-ring (bicyclic) bond motifs is 1. The molecule has 4 nitrogen and oxygen atoms in total. The van der Waals surface area contributed by atoms with Crippen molar-refractivity contribution in [1.82, 2.24) is 10.2 Å². The van der Waals surface area contributed by atoms with Crippen LogP contribution in [0.4, 0.5) is 5.69 Å². The van der Waals surface area contributed by atoms with Gasteiger partial charge in [0.1, 0.15) is 11.6 Å². The van der Waals surface area contributed by atoms with Gasteiger partial charge >= 0.3 is 0 Å². The fourth-order valence-corrected chi connectivity index (χ4v) is 3.58. The van der Waals surface area contributed by atoms with Gasteiger partial charge in [-0.3, -0.25) is 0 Å². The summed E-state index contributed by atoms with van der Waals surface area (Å²) in [4.78, 5) is 7.36. The van der Waals surface area contributed by atoms with Crippen molar-refractivity contribution in [2.45, 2.75) is 0 Å². The van der Waals surface area contributed by atoms with Crippen LogP contribution in [0, 0.1) is 0 Å². The standard InChI is InChI=1S/C22H22ClN3O/c1-27-20-11-6-16-4-2-3-5-19(16)21(20)22(26-14-12-24-13-15-26)25-18-9-7-17(23)8-10-18/h2-11,24H,12-15H2,1H3. The molecule has 4 rings (SSSR count). The van der Waals surface area contributed by atoms with E-state index in [4.69, 9.17) is 21.3 Å². The number of amidine groups is 1. The molecule has 27 heavy (non-hydrogen) atoms. The molecule has 1 aliphatic rings. The smallest absolute Gasteiger partial charge is 0.141 e. The van der Waals surface area contributed by atoms with Crippen molar-refractivity contribution in [1.29, 1.82) is 0 Å². The summed E-state index contributed by atoms with van der Waals surface area (Å²) in [5, 5.41) is 6.44. The van der Waals surface area contributed by atoms with Crippen LogP contribution in [0.2, 0.25) is 5.02 Å². The van der Waals surface area contributed by atoms with E-state index in [-0.39, 0.29) is 0 Å². The van der Waals surface area contributed by atoms with Crippen LogP contribution in [0.15, 0.2) is 65.7 Å². The maximum absolute atomic E-state index is 6.05. The van der Waals surface area contributed by atoms with Crippen molar-refractivity contribution < 1.29 is 4.74 Å². The molecule has 0 amide bonds. The van der Waals surface area contributed by atoms with Crippen molar-refractivity contribution in [2.24, 2.45) is 4.99 Å². The zero-order valence-electron chi connectivity index (χ0n) is 15.3. The first-order valence-electron chi connectivity index (χ1n) is 9.12. The van der Waals surface area contributed by atoms with Crippen LogP contribution in [0.25, 0.3) is 10.8 Å². The summed E-state index contributed by atoms with van der Waals surface area (Å²) in [6.07, 6.45) is 0. The normalized spacial score (nSPS) is 15.2. The average Bonchev–Trinajstić information content (AvgIpc) is 2.73. The van der Waals surface area contributed by atoms with E-state index in [1.165, 1.54) is 5.39 Å². The fourth-order valence-electron chi connectivity index (χ4n) is 3.45. The molecule has 0 bridgehead atoms. The molecule has 0 aliphatic carbocycles. The van der Waals surface area contributed by atoms with Gasteiger partial charge in [0.05, 0.1) is 18.4 Å². The lowest BCUT2D eigenvalue weighted by atomic mass is 10.0. The number of nitrogens with zero attached hydrogens (tertiary/aromatic N) is 2. The lowest BCUT2D eigenvalue weighted by Crippen LogP contribution is -2.46. The van der Waals surface area contributed by atoms with Gasteiger partial charge in [-0.15, -0.1) is 0 Å². The number of piperazine rings is 1. The number of aliphatic imine (C=N–C) groups is 1. The molecule has 0 radical (unpaired) electrons. The van der Waals surface area contributed by atoms with E-state index in [0.29, 0.717) is 5.02 Å². The maximum atomic E-state index is 6.05. The second kappa shape index (κ2) is 7.99. The molecule has 1 saturated heterocycles. The number of benzene rings is 3. The first-order valence-corrected chi connectivity index (χ1v) is 9.50. The van der Waals surface area contributed by atoms with E-state index < -0.39 is 0 Å². The second-order valence-electron chi connectivity index (χ2n) is 6.51. The number of hydrogen-bond acceptors (Lipinski definition) is 3. The Morgan fingerprint density at radius 2 is 1.74 bits per heavy atom. The van der Waals surface area contributed by atoms with Gasteiger partial charge in [-0.05, 0) is 41.1 Å². The molecule has 0 unspecified atom stereocenters. The van der Waals surface area contributed by atoms with Crippen molar-refractivity contribution in [3.8, 4) is 5.75 Å². The van der Waals surface area contributed by atoms with Crippen LogP contribution in [0.1, 0.15) is 5.56 Å². The van der Waals surface area contributed by atoms with Crippen molar-refractivity contribution in [2.75, 3.05) is 33.3 Å². The number of halogens is 1. The minimum atomic E-state index is 0.709. The van der Waals surface area contributed by atoms with Gasteiger partial charge in [0.15, 0.2) is 0 Å². The molecular weight excluding hydrogens is 358 g/mol. The van der Waals surface area contributed by atoms with E-state index in [0.717, 1.165) is 54.4 Å². The SMILES string of the molecule is COc1ccc2ccccc2c1C(=Nc1ccc(Cl)cc1)N1CCNCC1. The largest absolute Gasteiger partial charge is 0.496 e. The average molecular weight is 380 g/mol. The monoisotopic (exact) mass is 379 g/mol. The highest BCUT2D eigenvalue weighted by molar-refractivity contribution is 6.30. The molecule has 1 fully saturated rings. The van der Waals surface area contributed by atoms with Crippen LogP contribution in [0.5, 0.6) is 5.75 Å². The molecule has 5 heteroatoms. The van der Waals surface area contributed by atoms with Gasteiger partial charge in [0.25, 0.3) is 0 Å². The van der Waals surface area contributed by atoms with Gasteiger partial charge in [-0.25, -0.2) is 4.99 Å². The Kier molecular flexibility index (Phi) is 5.28. The lowest BCUT2D eigenvalue weighted by molar-refractivity contribution is 0.356. The molecule has 1 aliphatic heterocycles. The van der Waals surface area contributed by atoms with Crippen LogP contribution in [-0.4, -0.2) is 44.0 Å². The zero-order valence-corrected chi connectivity index (χ0v) is 16.0. The summed E-state index contributed by atoms with van der Waals surface area (Å²) in [5.74, 6) is 1.77. The third kappa shape index (κ3) is 3.77. The minimum Gasteiger partial charge on any atom is -0.496 e. The quantitative estimate of drug-likeness (QED) is 0.538. The minimum absolute atomic E-state index is 0.709. The molecule has 0 atom stereocenters. The summed E-state index contributed by atoms with van der Waals surface area (Å²) in [6, 6.07) is 20.1. The molecule has 0 spiro atoms. The van der Waals surface area contributed by atoms with Gasteiger partial charge < -0.3 is 15.0 Å². The first-order chi connectivity index (χ1) is 13.3. The molecule has 3 aromatic rings. The summed E-state index contributed by atoms with van der Waals surface area (Å²) < 4.78 is 5.74. The van der Waals surface area contributed by atoms with E-state index in [2.05, 4.69) is 40.5 Å². The molecule has 1 heterocycles. The predicted molar refractivity (Wildman–Crippen MR) is 113 cm³/mol. The molecule has 3 aromatic carbocycles. The summed E-state index contributed by atoms with van der Waals surface area (Å²) in [5.41, 5.74) is 1.91. The number of nitrogens with one attached hydrogen (secondary N) is 1. The van der Waals surface area contributed by atoms with Gasteiger partial charge in [0, 0.05) is 31.2 Å². The molecule has 1 N–H and O–H groups in total. The highest BCUT2D eigenvalue weighted by atomic mass is 35.5. The first kappa shape index (κ1) is 17.8. The van der Waals surface area contributed by atoms with Crippen LogP contribution < -0.4 is 10.1 Å². The van der Waals surface area contributed by atoms with Gasteiger partial charge in [-0.2, -0.15) is 0 Å². The summed E-state index contributed by atoms with van der Waals surface area (Å²) >= 11 is 6.05. The number of rotatable bonds is 3. The van der Waals surface area contributed by atoms with Gasteiger partial charge in [0.2, 0.25) is 0 Å². The Morgan fingerprint density at radius 3 is 2.48 bits per heavy atom. The van der Waals surface area contributed by atoms with E-state index in [9.17, 15) is 0 Å². The maximum Gasteiger partial charge on any atom is 0.141 e. The van der Waals surface area contributed by atoms with Crippen molar-refractivity contribution in [3.63, 3.8) is 0 Å². The second-order valence-corrected chi connectivity index (χ2v) is 6.95. The molecule has 138 valence electrons. The third-order valence-corrected chi connectivity index (χ3v) is 5.06. The molecule has 0 saturated carbocycles. The Labute approximate surface area is 164 Å². The van der Waals surface area contributed by atoms with Crippen LogP contribution in [-0.2, 0) is 0 Å². The van der Waals surface area contributed by atoms with Crippen LogP contribution in [0.3, 0.4) is 0 Å². The van der Waals surface area contributed by atoms with E-state index in [1.54, 1.807) is 7.11 Å². The van der Waals surface area contributed by atoms with Crippen molar-refractivity contribution in [3.05, 3.63) is 71.2 Å². The summed E-state index contributed by atoms with van der Waals surface area (Å²) in [7, 11) is 1.71. The predicted octanol–water partition coefficient (Wildman–Crippen LogP) is 4.49. The zero-order chi connectivity index (χ0) is 18.6. The topological polar surface area (TPSA) is 36.9 Å². The third-order valence-electron chi connectivity index (χ3n) is 4.81. The van der Waals surface area contributed by atoms with Crippen molar-refractivity contribution >= 4 is 33.9 Å². The fraction of sp³-hybridized carbons (Fsp3) is 0.227. The molecule has 0 aromatic heterocycles. The number of hydrogen-bond donors (Lipinski definition) is 1. The highest BCUT2D eigenvalue weighted by Gasteiger charge is 2.22. The highest BCUT2D eigenvalue weighted by Crippen LogP contribution is 2.31. The lowest BCUT2D eigenvalue weighted by Gasteiger charge is -2.31. The van der Waals surface area contributed by atoms with E-state index in [1.807, 2.05) is 30.3 Å². The Bertz CT molecular complexity index is 963. The van der Waals surface area contributed by atoms with Gasteiger partial charge in [-0.1, -0.05) is 41.9 Å².